The van der Waals surface area contributed by atoms with Crippen molar-refractivity contribution in [3.63, 3.8) is 0 Å². The molecule has 27 heavy (non-hydrogen) atoms. The van der Waals surface area contributed by atoms with Gasteiger partial charge in [-0.3, -0.25) is 0 Å². The van der Waals surface area contributed by atoms with Gasteiger partial charge in [-0.2, -0.15) is 0 Å². The molecule has 3 rings (SSSR count). The van der Waals surface area contributed by atoms with E-state index in [4.69, 9.17) is 4.74 Å². The minimum atomic E-state index is -0.307. The summed E-state index contributed by atoms with van der Waals surface area (Å²) in [5.41, 5.74) is 2.09. The van der Waals surface area contributed by atoms with Crippen LogP contribution in [0.4, 0.5) is 9.18 Å². The molecule has 0 radical (unpaired) electrons. The summed E-state index contributed by atoms with van der Waals surface area (Å²) in [4.78, 5) is 11.9. The van der Waals surface area contributed by atoms with Gasteiger partial charge in [0, 0.05) is 13.1 Å². The van der Waals surface area contributed by atoms with E-state index in [0.717, 1.165) is 12.0 Å². The predicted octanol–water partition coefficient (Wildman–Crippen LogP) is 4.66. The maximum atomic E-state index is 12.9. The Balaban J connectivity index is 1.45. The first-order valence-corrected chi connectivity index (χ1v) is 8.77. The van der Waals surface area contributed by atoms with Crippen LogP contribution >= 0.6 is 0 Å². The van der Waals surface area contributed by atoms with Gasteiger partial charge in [0.05, 0.1) is 0 Å². The molecular weight excluding hydrogens is 343 g/mol. The second kappa shape index (κ2) is 9.38. The molecule has 0 heterocycles. The molecular formula is C22H21FN2O2. The summed E-state index contributed by atoms with van der Waals surface area (Å²) in [6.07, 6.45) is 0.787. The second-order valence-corrected chi connectivity index (χ2v) is 6.05. The molecule has 3 aromatic rings. The summed E-state index contributed by atoms with van der Waals surface area (Å²) in [7, 11) is 0. The van der Waals surface area contributed by atoms with Crippen molar-refractivity contribution in [2.75, 3.05) is 6.54 Å². The summed E-state index contributed by atoms with van der Waals surface area (Å²) >= 11 is 0. The number of hydrogen-bond donors (Lipinski definition) is 2. The smallest absolute Gasteiger partial charge is 0.315 e. The van der Waals surface area contributed by atoms with Gasteiger partial charge in [-0.1, -0.05) is 42.5 Å². The maximum absolute atomic E-state index is 12.9. The zero-order chi connectivity index (χ0) is 18.9. The highest BCUT2D eigenvalue weighted by atomic mass is 19.1. The maximum Gasteiger partial charge on any atom is 0.315 e. The molecule has 0 aliphatic rings. The Morgan fingerprint density at radius 1 is 0.815 bits per heavy atom. The van der Waals surface area contributed by atoms with Gasteiger partial charge in [0.25, 0.3) is 0 Å². The van der Waals surface area contributed by atoms with Crippen LogP contribution in [0.25, 0.3) is 0 Å². The van der Waals surface area contributed by atoms with Gasteiger partial charge >= 0.3 is 6.03 Å². The van der Waals surface area contributed by atoms with Crippen molar-refractivity contribution in [3.8, 4) is 11.5 Å². The Hall–Kier alpha value is -3.34. The van der Waals surface area contributed by atoms with Crippen molar-refractivity contribution in [3.05, 3.63) is 95.8 Å². The molecule has 0 bridgehead atoms. The van der Waals surface area contributed by atoms with Crippen molar-refractivity contribution in [2.24, 2.45) is 0 Å². The van der Waals surface area contributed by atoms with E-state index in [0.29, 0.717) is 24.6 Å². The van der Waals surface area contributed by atoms with Gasteiger partial charge in [-0.15, -0.1) is 0 Å². The number of nitrogens with one attached hydrogen (secondary N) is 2. The molecule has 0 aliphatic heterocycles. The molecule has 2 N–H and O–H groups in total. The second-order valence-electron chi connectivity index (χ2n) is 6.05. The van der Waals surface area contributed by atoms with E-state index in [1.165, 1.54) is 17.7 Å². The molecule has 0 saturated carbocycles. The molecule has 5 heteroatoms. The van der Waals surface area contributed by atoms with Crippen molar-refractivity contribution in [2.45, 2.75) is 13.0 Å². The number of ether oxygens (including phenoxy) is 1. The highest BCUT2D eigenvalue weighted by molar-refractivity contribution is 5.73. The van der Waals surface area contributed by atoms with Crippen LogP contribution in [0.3, 0.4) is 0 Å². The van der Waals surface area contributed by atoms with Crippen LogP contribution in [0.15, 0.2) is 78.9 Å². The summed E-state index contributed by atoms with van der Waals surface area (Å²) < 4.78 is 18.6. The van der Waals surface area contributed by atoms with Crippen LogP contribution in [0, 0.1) is 5.82 Å². The molecule has 0 saturated heterocycles. The van der Waals surface area contributed by atoms with Crippen molar-refractivity contribution in [1.29, 1.82) is 0 Å². The number of benzene rings is 3. The topological polar surface area (TPSA) is 50.4 Å². The Morgan fingerprint density at radius 3 is 2.33 bits per heavy atom. The van der Waals surface area contributed by atoms with Crippen LogP contribution in [0.1, 0.15) is 11.1 Å². The molecule has 138 valence electrons. The molecule has 3 aromatic carbocycles. The number of rotatable bonds is 7. The van der Waals surface area contributed by atoms with Crippen molar-refractivity contribution < 1.29 is 13.9 Å². The average Bonchev–Trinajstić information content (AvgIpc) is 2.69. The van der Waals surface area contributed by atoms with Crippen LogP contribution in [-0.2, 0) is 13.0 Å². The van der Waals surface area contributed by atoms with E-state index in [1.807, 2.05) is 54.6 Å². The third kappa shape index (κ3) is 6.15. The number of carbonyl (C=O) groups excluding carboxylic acids is 1. The largest absolute Gasteiger partial charge is 0.457 e. The fourth-order valence-corrected chi connectivity index (χ4v) is 2.57. The Kier molecular flexibility index (Phi) is 6.41. The first kappa shape index (κ1) is 18.5. The third-order valence-electron chi connectivity index (χ3n) is 3.94. The number of carbonyl (C=O) groups is 1. The lowest BCUT2D eigenvalue weighted by molar-refractivity contribution is 0.240. The highest BCUT2D eigenvalue weighted by Crippen LogP contribution is 2.22. The quantitative estimate of drug-likeness (QED) is 0.641. The van der Waals surface area contributed by atoms with E-state index in [9.17, 15) is 9.18 Å². The molecule has 0 atom stereocenters. The lowest BCUT2D eigenvalue weighted by Crippen LogP contribution is -2.36. The van der Waals surface area contributed by atoms with Gasteiger partial charge in [-0.25, -0.2) is 9.18 Å². The monoisotopic (exact) mass is 364 g/mol. The van der Waals surface area contributed by atoms with Crippen molar-refractivity contribution in [1.82, 2.24) is 10.6 Å². The number of hydrogen-bond acceptors (Lipinski definition) is 2. The first-order valence-electron chi connectivity index (χ1n) is 8.77. The lowest BCUT2D eigenvalue weighted by atomic mass is 10.1. The predicted molar refractivity (Wildman–Crippen MR) is 103 cm³/mol. The van der Waals surface area contributed by atoms with Crippen LogP contribution in [0.2, 0.25) is 0 Å². The standard InChI is InChI=1S/C22H21FN2O2/c23-19-9-11-20(12-10-19)27-21-8-4-7-18(15-21)16-25-22(26)24-14-13-17-5-2-1-3-6-17/h1-12,15H,13-14,16H2,(H2,24,25,26). The number of urea groups is 1. The van der Waals surface area contributed by atoms with Crippen LogP contribution < -0.4 is 15.4 Å². The van der Waals surface area contributed by atoms with E-state index in [2.05, 4.69) is 10.6 Å². The summed E-state index contributed by atoms with van der Waals surface area (Å²) in [6.45, 7) is 0.960. The van der Waals surface area contributed by atoms with Gasteiger partial charge in [0.1, 0.15) is 17.3 Å². The van der Waals surface area contributed by atoms with Gasteiger partial charge in [0.15, 0.2) is 0 Å². The molecule has 0 fully saturated rings. The summed E-state index contributed by atoms with van der Waals surface area (Å²) in [5, 5.41) is 5.67. The minimum absolute atomic E-state index is 0.212. The Labute approximate surface area is 158 Å². The Bertz CT molecular complexity index is 867. The van der Waals surface area contributed by atoms with Crippen molar-refractivity contribution >= 4 is 6.03 Å². The molecule has 0 aliphatic carbocycles. The fourth-order valence-electron chi connectivity index (χ4n) is 2.57. The number of halogens is 1. The minimum Gasteiger partial charge on any atom is -0.457 e. The first-order chi connectivity index (χ1) is 13.2. The normalized spacial score (nSPS) is 10.3. The molecule has 0 unspecified atom stereocenters. The van der Waals surface area contributed by atoms with Crippen LogP contribution in [0.5, 0.6) is 11.5 Å². The van der Waals surface area contributed by atoms with Crippen LogP contribution in [-0.4, -0.2) is 12.6 Å². The zero-order valence-electron chi connectivity index (χ0n) is 14.8. The molecule has 2 amide bonds. The zero-order valence-corrected chi connectivity index (χ0v) is 14.8. The number of amides is 2. The fraction of sp³-hybridized carbons (Fsp3) is 0.136. The third-order valence-corrected chi connectivity index (χ3v) is 3.94. The van der Waals surface area contributed by atoms with E-state index < -0.39 is 0 Å². The lowest BCUT2D eigenvalue weighted by Gasteiger charge is -2.10. The average molecular weight is 364 g/mol. The van der Waals surface area contributed by atoms with E-state index >= 15 is 0 Å². The van der Waals surface area contributed by atoms with E-state index in [-0.39, 0.29) is 11.8 Å². The Morgan fingerprint density at radius 2 is 1.56 bits per heavy atom. The van der Waals surface area contributed by atoms with Gasteiger partial charge < -0.3 is 15.4 Å². The van der Waals surface area contributed by atoms with Gasteiger partial charge in [0.2, 0.25) is 0 Å². The SMILES string of the molecule is O=C(NCCc1ccccc1)NCc1cccc(Oc2ccc(F)cc2)c1. The van der Waals surface area contributed by atoms with E-state index in [1.54, 1.807) is 12.1 Å². The highest BCUT2D eigenvalue weighted by Gasteiger charge is 2.03. The summed E-state index contributed by atoms with van der Waals surface area (Å²) in [5.74, 6) is 0.879. The molecule has 0 spiro atoms. The molecule has 4 nitrogen and oxygen atoms in total. The van der Waals surface area contributed by atoms with Gasteiger partial charge in [-0.05, 0) is 53.9 Å². The molecule has 0 aromatic heterocycles. The summed E-state index contributed by atoms with van der Waals surface area (Å²) in [6, 6.07) is 23.0.